The molecule has 1 amide bonds. The van der Waals surface area contributed by atoms with E-state index in [0.29, 0.717) is 13.0 Å². The molecule has 1 aromatic carbocycles. The highest BCUT2D eigenvalue weighted by atomic mass is 16.6. The molecule has 1 atom stereocenters. The summed E-state index contributed by atoms with van der Waals surface area (Å²) in [4.78, 5) is 37.7. The number of nitrogens with zero attached hydrogens (tertiary/aromatic N) is 1. The van der Waals surface area contributed by atoms with Crippen molar-refractivity contribution in [1.29, 1.82) is 0 Å². The smallest absolute Gasteiger partial charge is 0.344 e. The number of benzene rings is 1. The first-order chi connectivity index (χ1) is 12.8. The Balaban J connectivity index is 2.99. The predicted molar refractivity (Wildman–Crippen MR) is 101 cm³/mol. The van der Waals surface area contributed by atoms with Crippen molar-refractivity contribution in [2.24, 2.45) is 5.92 Å². The third-order valence-electron chi connectivity index (χ3n) is 4.00. The van der Waals surface area contributed by atoms with Crippen LogP contribution in [0.25, 0.3) is 0 Å². The van der Waals surface area contributed by atoms with Gasteiger partial charge in [0.25, 0.3) is 0 Å². The molecule has 0 N–H and O–H groups in total. The van der Waals surface area contributed by atoms with Crippen molar-refractivity contribution in [3.63, 3.8) is 0 Å². The van der Waals surface area contributed by atoms with Gasteiger partial charge >= 0.3 is 11.9 Å². The number of amides is 1. The second-order valence-electron chi connectivity index (χ2n) is 6.10. The summed E-state index contributed by atoms with van der Waals surface area (Å²) < 4.78 is 15.3. The van der Waals surface area contributed by atoms with Crippen LogP contribution in [0.3, 0.4) is 0 Å². The van der Waals surface area contributed by atoms with E-state index in [4.69, 9.17) is 14.2 Å². The summed E-state index contributed by atoms with van der Waals surface area (Å²) in [5, 5.41) is 0. The van der Waals surface area contributed by atoms with Gasteiger partial charge in [-0.15, -0.1) is 0 Å². The maximum absolute atomic E-state index is 12.3. The summed E-state index contributed by atoms with van der Waals surface area (Å²) >= 11 is 0. The fourth-order valence-corrected chi connectivity index (χ4v) is 2.51. The van der Waals surface area contributed by atoms with Crippen LogP contribution in [0.2, 0.25) is 0 Å². The fourth-order valence-electron chi connectivity index (χ4n) is 2.51. The molecule has 0 saturated heterocycles. The molecule has 27 heavy (non-hydrogen) atoms. The number of carbonyl (C=O) groups is 3. The maximum atomic E-state index is 12.3. The molecule has 0 radical (unpaired) electrons. The van der Waals surface area contributed by atoms with Gasteiger partial charge in [-0.2, -0.15) is 0 Å². The molecule has 7 heteroatoms. The van der Waals surface area contributed by atoms with Crippen LogP contribution in [0, 0.1) is 5.92 Å². The van der Waals surface area contributed by atoms with E-state index in [-0.39, 0.29) is 43.0 Å². The monoisotopic (exact) mass is 379 g/mol. The molecule has 1 rings (SSSR count). The molecule has 1 unspecified atom stereocenters. The summed E-state index contributed by atoms with van der Waals surface area (Å²) in [5.41, 5.74) is 1.04. The maximum Gasteiger partial charge on any atom is 0.344 e. The molecule has 0 aromatic heterocycles. The normalized spacial score (nSPS) is 11.4. The van der Waals surface area contributed by atoms with Crippen molar-refractivity contribution >= 4 is 17.8 Å². The second kappa shape index (κ2) is 11.2. The fraction of sp³-hybridized carbons (Fsp3) is 0.550. The summed E-state index contributed by atoms with van der Waals surface area (Å²) in [7, 11) is 1.76. The molecule has 1 aromatic rings. The van der Waals surface area contributed by atoms with Crippen LogP contribution in [-0.2, 0) is 25.5 Å². The Morgan fingerprint density at radius 2 is 1.74 bits per heavy atom. The van der Waals surface area contributed by atoms with Crippen LogP contribution in [0.5, 0.6) is 5.75 Å². The highest BCUT2D eigenvalue weighted by Crippen LogP contribution is 2.23. The highest BCUT2D eigenvalue weighted by Gasteiger charge is 2.20. The van der Waals surface area contributed by atoms with E-state index in [1.54, 1.807) is 44.0 Å². The Labute approximate surface area is 160 Å². The van der Waals surface area contributed by atoms with E-state index >= 15 is 0 Å². The SMILES string of the molecule is CCOC(=O)COc1ccc(CC(C)C(=O)N(C)CC)cc1C(=O)OCC. The second-order valence-corrected chi connectivity index (χ2v) is 6.10. The molecule has 0 aliphatic carbocycles. The molecule has 0 heterocycles. The first-order valence-corrected chi connectivity index (χ1v) is 9.17. The third kappa shape index (κ3) is 6.92. The quantitative estimate of drug-likeness (QED) is 0.581. The lowest BCUT2D eigenvalue weighted by Crippen LogP contribution is -2.32. The average molecular weight is 379 g/mol. The van der Waals surface area contributed by atoms with Crippen molar-refractivity contribution in [3.8, 4) is 5.75 Å². The van der Waals surface area contributed by atoms with E-state index < -0.39 is 11.9 Å². The van der Waals surface area contributed by atoms with E-state index in [1.807, 2.05) is 13.8 Å². The molecule has 0 saturated carbocycles. The number of hydrogen-bond acceptors (Lipinski definition) is 6. The van der Waals surface area contributed by atoms with Gasteiger partial charge in [0.1, 0.15) is 11.3 Å². The Hall–Kier alpha value is -2.57. The van der Waals surface area contributed by atoms with Crippen LogP contribution in [0.1, 0.15) is 43.6 Å². The van der Waals surface area contributed by atoms with E-state index in [9.17, 15) is 14.4 Å². The van der Waals surface area contributed by atoms with Gasteiger partial charge in [-0.25, -0.2) is 9.59 Å². The Kier molecular flexibility index (Phi) is 9.33. The third-order valence-corrected chi connectivity index (χ3v) is 4.00. The molecule has 0 fully saturated rings. The molecule has 7 nitrogen and oxygen atoms in total. The van der Waals surface area contributed by atoms with Crippen molar-refractivity contribution in [3.05, 3.63) is 29.3 Å². The minimum atomic E-state index is -0.539. The lowest BCUT2D eigenvalue weighted by Gasteiger charge is -2.20. The highest BCUT2D eigenvalue weighted by molar-refractivity contribution is 5.93. The Bertz CT molecular complexity index is 658. The zero-order valence-electron chi connectivity index (χ0n) is 16.7. The molecule has 150 valence electrons. The predicted octanol–water partition coefficient (Wildman–Crippen LogP) is 2.46. The largest absolute Gasteiger partial charge is 0.481 e. The lowest BCUT2D eigenvalue weighted by atomic mass is 9.98. The lowest BCUT2D eigenvalue weighted by molar-refractivity contribution is -0.145. The zero-order chi connectivity index (χ0) is 20.4. The Morgan fingerprint density at radius 3 is 2.33 bits per heavy atom. The Morgan fingerprint density at radius 1 is 1.07 bits per heavy atom. The molecule has 0 bridgehead atoms. The van der Waals surface area contributed by atoms with Crippen LogP contribution >= 0.6 is 0 Å². The minimum absolute atomic E-state index is 0.0397. The van der Waals surface area contributed by atoms with Crippen molar-refractivity contribution < 1.29 is 28.6 Å². The van der Waals surface area contributed by atoms with Gasteiger partial charge in [0.2, 0.25) is 5.91 Å². The van der Waals surface area contributed by atoms with Gasteiger partial charge in [0.15, 0.2) is 6.61 Å². The van der Waals surface area contributed by atoms with Gasteiger partial charge < -0.3 is 19.1 Å². The van der Waals surface area contributed by atoms with Crippen molar-refractivity contribution in [1.82, 2.24) is 4.90 Å². The van der Waals surface area contributed by atoms with Crippen LogP contribution in [-0.4, -0.2) is 56.2 Å². The van der Waals surface area contributed by atoms with Gasteiger partial charge in [-0.05, 0) is 44.9 Å². The molecular weight excluding hydrogens is 350 g/mol. The first-order valence-electron chi connectivity index (χ1n) is 9.17. The molecule has 0 aliphatic heterocycles. The summed E-state index contributed by atoms with van der Waals surface area (Å²) in [6.07, 6.45) is 0.480. The van der Waals surface area contributed by atoms with Crippen molar-refractivity contribution in [2.45, 2.75) is 34.1 Å². The van der Waals surface area contributed by atoms with E-state index in [0.717, 1.165) is 5.56 Å². The molecule has 0 aliphatic rings. The summed E-state index contributed by atoms with van der Waals surface area (Å²) in [5.74, 6) is -0.995. The number of esters is 2. The van der Waals surface area contributed by atoms with Gasteiger partial charge in [0, 0.05) is 19.5 Å². The van der Waals surface area contributed by atoms with Gasteiger partial charge in [0.05, 0.1) is 13.2 Å². The van der Waals surface area contributed by atoms with E-state index in [1.165, 1.54) is 0 Å². The summed E-state index contributed by atoms with van der Waals surface area (Å²) in [6.45, 7) is 7.99. The number of hydrogen-bond donors (Lipinski definition) is 0. The van der Waals surface area contributed by atoms with Crippen LogP contribution < -0.4 is 4.74 Å². The molecular formula is C20H29NO6. The summed E-state index contributed by atoms with van der Waals surface area (Å²) in [6, 6.07) is 5.04. The van der Waals surface area contributed by atoms with E-state index in [2.05, 4.69) is 0 Å². The molecule has 0 spiro atoms. The average Bonchev–Trinajstić information content (AvgIpc) is 2.65. The van der Waals surface area contributed by atoms with Crippen molar-refractivity contribution in [2.75, 3.05) is 33.4 Å². The van der Waals surface area contributed by atoms with Gasteiger partial charge in [-0.1, -0.05) is 13.0 Å². The topological polar surface area (TPSA) is 82.1 Å². The number of ether oxygens (including phenoxy) is 3. The van der Waals surface area contributed by atoms with Crippen LogP contribution in [0.4, 0.5) is 0 Å². The number of rotatable bonds is 10. The standard InChI is InChI=1S/C20H29NO6/c1-6-21(5)19(23)14(4)11-15-9-10-17(27-13-18(22)25-7-2)16(12-15)20(24)26-8-3/h9-10,12,14H,6-8,11,13H2,1-5H3. The zero-order valence-corrected chi connectivity index (χ0v) is 16.7. The van der Waals surface area contributed by atoms with Gasteiger partial charge in [-0.3, -0.25) is 4.79 Å². The number of carbonyl (C=O) groups excluding carboxylic acids is 3. The first kappa shape index (κ1) is 22.5. The minimum Gasteiger partial charge on any atom is -0.481 e. The van der Waals surface area contributed by atoms with Crippen LogP contribution in [0.15, 0.2) is 18.2 Å².